The van der Waals surface area contributed by atoms with Crippen LogP contribution in [0.2, 0.25) is 0 Å². The van der Waals surface area contributed by atoms with Crippen LogP contribution < -0.4 is 0 Å². The van der Waals surface area contributed by atoms with Gasteiger partial charge in [0.25, 0.3) is 5.91 Å². The van der Waals surface area contributed by atoms with Gasteiger partial charge in [-0.1, -0.05) is 43.3 Å². The SMILES string of the molecule is CCc1c(CN2CC[C@H](c3c(C(=O)N(C)C)sc4ccccc34)C2)c2ccccc2n1C. The molecule has 1 aliphatic heterocycles. The van der Waals surface area contributed by atoms with Gasteiger partial charge in [-0.2, -0.15) is 0 Å². The molecule has 32 heavy (non-hydrogen) atoms. The summed E-state index contributed by atoms with van der Waals surface area (Å²) in [6, 6.07) is 17.3. The van der Waals surface area contributed by atoms with Crippen molar-refractivity contribution < 1.29 is 4.79 Å². The van der Waals surface area contributed by atoms with Crippen LogP contribution in [0, 0.1) is 0 Å². The van der Waals surface area contributed by atoms with Gasteiger partial charge in [-0.05, 0) is 48.0 Å². The fourth-order valence-electron chi connectivity index (χ4n) is 5.42. The maximum atomic E-state index is 13.0. The van der Waals surface area contributed by atoms with E-state index in [1.807, 2.05) is 14.1 Å². The molecule has 3 heterocycles. The zero-order valence-corrected chi connectivity index (χ0v) is 20.2. The first-order valence-electron chi connectivity index (χ1n) is 11.5. The van der Waals surface area contributed by atoms with E-state index in [0.717, 1.165) is 37.4 Å². The van der Waals surface area contributed by atoms with Crippen LogP contribution in [-0.2, 0) is 20.0 Å². The van der Waals surface area contributed by atoms with Crippen LogP contribution in [0.25, 0.3) is 21.0 Å². The third-order valence-corrected chi connectivity index (χ3v) is 8.15. The molecule has 2 aromatic heterocycles. The molecule has 0 unspecified atom stereocenters. The number of rotatable bonds is 5. The standard InChI is InChI=1S/C27H31N3OS/c1-5-22-21(19-10-6-8-12-23(19)29(22)4)17-30-15-14-18(16-30)25-20-11-7-9-13-24(20)32-26(25)27(31)28(2)3/h6-13,18H,5,14-17H2,1-4H3/t18-/m0/s1. The maximum Gasteiger partial charge on any atom is 0.263 e. The number of benzene rings is 2. The second-order valence-electron chi connectivity index (χ2n) is 9.12. The smallest absolute Gasteiger partial charge is 0.263 e. The van der Waals surface area contributed by atoms with Gasteiger partial charge in [0.15, 0.2) is 0 Å². The van der Waals surface area contributed by atoms with Gasteiger partial charge in [0.05, 0.1) is 4.88 Å². The lowest BCUT2D eigenvalue weighted by atomic mass is 9.95. The fraction of sp³-hybridized carbons (Fsp3) is 0.370. The Morgan fingerprint density at radius 2 is 1.81 bits per heavy atom. The number of carbonyl (C=O) groups is 1. The summed E-state index contributed by atoms with van der Waals surface area (Å²) in [7, 11) is 5.89. The molecule has 0 saturated carbocycles. The van der Waals surface area contributed by atoms with Crippen molar-refractivity contribution >= 4 is 38.2 Å². The number of likely N-dealkylation sites (tertiary alicyclic amines) is 1. The second kappa shape index (κ2) is 8.38. The highest BCUT2D eigenvalue weighted by Gasteiger charge is 2.31. The minimum absolute atomic E-state index is 0.127. The van der Waals surface area contributed by atoms with Crippen molar-refractivity contribution in [2.45, 2.75) is 32.2 Å². The van der Waals surface area contributed by atoms with E-state index in [4.69, 9.17) is 0 Å². The van der Waals surface area contributed by atoms with Crippen LogP contribution in [0.5, 0.6) is 0 Å². The van der Waals surface area contributed by atoms with Gasteiger partial charge in [0, 0.05) is 61.4 Å². The van der Waals surface area contributed by atoms with E-state index in [1.54, 1.807) is 16.2 Å². The predicted molar refractivity (Wildman–Crippen MR) is 135 cm³/mol. The Labute approximate surface area is 194 Å². The van der Waals surface area contributed by atoms with Crippen molar-refractivity contribution in [1.29, 1.82) is 0 Å². The molecule has 4 aromatic rings. The van der Waals surface area contributed by atoms with E-state index < -0.39 is 0 Å². The minimum atomic E-state index is 0.127. The summed E-state index contributed by atoms with van der Waals surface area (Å²) in [5.41, 5.74) is 5.48. The first kappa shape index (κ1) is 21.2. The summed E-state index contributed by atoms with van der Waals surface area (Å²) >= 11 is 1.65. The van der Waals surface area contributed by atoms with Crippen molar-refractivity contribution in [2.24, 2.45) is 7.05 Å². The van der Waals surface area contributed by atoms with Gasteiger partial charge in [0.2, 0.25) is 0 Å². The Balaban J connectivity index is 1.48. The molecular weight excluding hydrogens is 414 g/mol. The summed E-state index contributed by atoms with van der Waals surface area (Å²) < 4.78 is 3.58. The molecule has 0 spiro atoms. The molecule has 0 bridgehead atoms. The second-order valence-corrected chi connectivity index (χ2v) is 10.2. The van der Waals surface area contributed by atoms with Crippen molar-refractivity contribution in [1.82, 2.24) is 14.4 Å². The lowest BCUT2D eigenvalue weighted by molar-refractivity contribution is 0.0831. The number of aryl methyl sites for hydroxylation is 1. The average Bonchev–Trinajstić information content (AvgIpc) is 3.48. The topological polar surface area (TPSA) is 28.5 Å². The molecule has 5 rings (SSSR count). The van der Waals surface area contributed by atoms with E-state index in [0.29, 0.717) is 5.92 Å². The normalized spacial score (nSPS) is 16.9. The number of amides is 1. The number of hydrogen-bond donors (Lipinski definition) is 0. The number of thiophene rings is 1. The first-order valence-corrected chi connectivity index (χ1v) is 12.3. The molecule has 0 radical (unpaired) electrons. The van der Waals surface area contributed by atoms with E-state index in [1.165, 1.54) is 37.8 Å². The van der Waals surface area contributed by atoms with Crippen LogP contribution in [0.3, 0.4) is 0 Å². The van der Waals surface area contributed by atoms with E-state index in [2.05, 4.69) is 72.0 Å². The van der Waals surface area contributed by atoms with E-state index in [-0.39, 0.29) is 5.91 Å². The lowest BCUT2D eigenvalue weighted by Gasteiger charge is -2.18. The highest BCUT2D eigenvalue weighted by Crippen LogP contribution is 2.41. The zero-order valence-electron chi connectivity index (χ0n) is 19.4. The Morgan fingerprint density at radius 3 is 2.56 bits per heavy atom. The van der Waals surface area contributed by atoms with Crippen molar-refractivity contribution in [3.05, 3.63) is 70.2 Å². The predicted octanol–water partition coefficient (Wildman–Crippen LogP) is 5.65. The van der Waals surface area contributed by atoms with Gasteiger partial charge >= 0.3 is 0 Å². The summed E-state index contributed by atoms with van der Waals surface area (Å²) in [6.07, 6.45) is 2.13. The summed E-state index contributed by atoms with van der Waals surface area (Å²) in [4.78, 5) is 18.2. The van der Waals surface area contributed by atoms with E-state index in [9.17, 15) is 4.79 Å². The Bertz CT molecular complexity index is 1300. The fourth-order valence-corrected chi connectivity index (χ4v) is 6.73. The van der Waals surface area contributed by atoms with E-state index >= 15 is 0 Å². The molecule has 1 fully saturated rings. The third-order valence-electron chi connectivity index (χ3n) is 6.98. The Hall–Kier alpha value is -2.63. The van der Waals surface area contributed by atoms with Crippen molar-refractivity contribution in [3.8, 4) is 0 Å². The molecule has 0 N–H and O–H groups in total. The molecule has 2 aromatic carbocycles. The monoisotopic (exact) mass is 445 g/mol. The van der Waals surface area contributed by atoms with Gasteiger partial charge < -0.3 is 9.47 Å². The molecule has 0 aliphatic carbocycles. The molecule has 5 heteroatoms. The van der Waals surface area contributed by atoms with Crippen molar-refractivity contribution in [3.63, 3.8) is 0 Å². The first-order chi connectivity index (χ1) is 15.5. The quantitative estimate of drug-likeness (QED) is 0.397. The number of para-hydroxylation sites is 1. The highest BCUT2D eigenvalue weighted by atomic mass is 32.1. The molecule has 1 saturated heterocycles. The van der Waals surface area contributed by atoms with Gasteiger partial charge in [0.1, 0.15) is 0 Å². The van der Waals surface area contributed by atoms with Gasteiger partial charge in [-0.25, -0.2) is 0 Å². The van der Waals surface area contributed by atoms with Crippen LogP contribution in [-0.4, -0.2) is 47.5 Å². The summed E-state index contributed by atoms with van der Waals surface area (Å²) in [5.74, 6) is 0.520. The Kier molecular flexibility index (Phi) is 5.56. The van der Waals surface area contributed by atoms with Gasteiger partial charge in [-0.15, -0.1) is 11.3 Å². The molecule has 1 amide bonds. The molecule has 1 atom stereocenters. The van der Waals surface area contributed by atoms with Crippen LogP contribution >= 0.6 is 11.3 Å². The van der Waals surface area contributed by atoms with Crippen LogP contribution in [0.1, 0.15) is 45.8 Å². The van der Waals surface area contributed by atoms with Crippen molar-refractivity contribution in [2.75, 3.05) is 27.2 Å². The Morgan fingerprint density at radius 1 is 1.09 bits per heavy atom. The van der Waals surface area contributed by atoms with Crippen LogP contribution in [0.15, 0.2) is 48.5 Å². The number of nitrogens with zero attached hydrogens (tertiary/aromatic N) is 3. The zero-order chi connectivity index (χ0) is 22.4. The molecule has 1 aliphatic rings. The largest absolute Gasteiger partial charge is 0.347 e. The summed E-state index contributed by atoms with van der Waals surface area (Å²) in [6.45, 7) is 5.29. The highest BCUT2D eigenvalue weighted by molar-refractivity contribution is 7.21. The summed E-state index contributed by atoms with van der Waals surface area (Å²) in [5, 5.41) is 2.63. The van der Waals surface area contributed by atoms with Crippen LogP contribution in [0.4, 0.5) is 0 Å². The molecule has 166 valence electrons. The maximum absolute atomic E-state index is 13.0. The lowest BCUT2D eigenvalue weighted by Crippen LogP contribution is -2.23. The number of carbonyl (C=O) groups excluding carboxylic acids is 1. The average molecular weight is 446 g/mol. The number of fused-ring (bicyclic) bond motifs is 2. The number of hydrogen-bond acceptors (Lipinski definition) is 3. The van der Waals surface area contributed by atoms with Gasteiger partial charge in [-0.3, -0.25) is 9.69 Å². The number of aromatic nitrogens is 1. The molecule has 4 nitrogen and oxygen atoms in total. The molecular formula is C27H31N3OS. The minimum Gasteiger partial charge on any atom is -0.347 e. The third kappa shape index (κ3) is 3.44.